The molecule has 96 valence electrons. The molecule has 17 heavy (non-hydrogen) atoms. The molecule has 0 radical (unpaired) electrons. The van der Waals surface area contributed by atoms with Crippen molar-refractivity contribution in [3.8, 4) is 0 Å². The second-order valence-electron chi connectivity index (χ2n) is 4.13. The van der Waals surface area contributed by atoms with Gasteiger partial charge in [-0.05, 0) is 45.0 Å². The lowest BCUT2D eigenvalue weighted by Gasteiger charge is -2.23. The Bertz CT molecular complexity index is 315. The summed E-state index contributed by atoms with van der Waals surface area (Å²) in [6, 6.07) is 6.98. The maximum absolute atomic E-state index is 13.6. The average Bonchev–Trinajstić information content (AvgIpc) is 2.35. The van der Waals surface area contributed by atoms with Crippen LogP contribution in [-0.4, -0.2) is 26.2 Å². The number of halogens is 1. The van der Waals surface area contributed by atoms with Crippen LogP contribution in [0.3, 0.4) is 0 Å². The molecule has 0 fully saturated rings. The summed E-state index contributed by atoms with van der Waals surface area (Å²) in [6.07, 6.45) is 2.20. The van der Waals surface area contributed by atoms with Gasteiger partial charge in [0.05, 0.1) is 5.69 Å². The maximum atomic E-state index is 13.6. The molecule has 0 saturated heterocycles. The predicted octanol–water partition coefficient (Wildman–Crippen LogP) is 3.04. The van der Waals surface area contributed by atoms with E-state index in [4.69, 9.17) is 0 Å². The Morgan fingerprint density at radius 3 is 2.59 bits per heavy atom. The molecular weight excluding hydrogens is 215 g/mol. The molecule has 0 saturated carbocycles. The first-order valence-electron chi connectivity index (χ1n) is 6.49. The minimum Gasteiger partial charge on any atom is -0.369 e. The molecule has 1 N–H and O–H groups in total. The molecule has 2 nitrogen and oxygen atoms in total. The van der Waals surface area contributed by atoms with E-state index in [1.165, 1.54) is 6.07 Å². The maximum Gasteiger partial charge on any atom is 0.146 e. The fourth-order valence-corrected chi connectivity index (χ4v) is 1.85. The summed E-state index contributed by atoms with van der Waals surface area (Å²) in [7, 11) is 0. The van der Waals surface area contributed by atoms with Crippen molar-refractivity contribution in [2.75, 3.05) is 31.1 Å². The number of benzene rings is 1. The highest BCUT2D eigenvalue weighted by atomic mass is 19.1. The SMILES string of the molecule is CCCNCCCN(CC)c1ccccc1F. The van der Waals surface area contributed by atoms with Crippen molar-refractivity contribution in [2.45, 2.75) is 26.7 Å². The lowest BCUT2D eigenvalue weighted by molar-refractivity contribution is 0.602. The van der Waals surface area contributed by atoms with Crippen molar-refractivity contribution in [3.05, 3.63) is 30.1 Å². The standard InChI is InChI=1S/C14H23FN2/c1-3-10-16-11-7-12-17(4-2)14-9-6-5-8-13(14)15/h5-6,8-9,16H,3-4,7,10-12H2,1-2H3. The van der Waals surface area contributed by atoms with E-state index in [0.717, 1.165) is 39.0 Å². The molecule has 0 aromatic heterocycles. The van der Waals surface area contributed by atoms with Gasteiger partial charge in [0.15, 0.2) is 0 Å². The highest BCUT2D eigenvalue weighted by Gasteiger charge is 2.08. The van der Waals surface area contributed by atoms with Crippen molar-refractivity contribution in [1.82, 2.24) is 5.32 Å². The van der Waals surface area contributed by atoms with Crippen molar-refractivity contribution in [3.63, 3.8) is 0 Å². The van der Waals surface area contributed by atoms with Crippen molar-refractivity contribution < 1.29 is 4.39 Å². The van der Waals surface area contributed by atoms with Gasteiger partial charge in [-0.15, -0.1) is 0 Å². The van der Waals surface area contributed by atoms with E-state index in [9.17, 15) is 4.39 Å². The van der Waals surface area contributed by atoms with E-state index in [0.29, 0.717) is 5.69 Å². The summed E-state index contributed by atoms with van der Waals surface area (Å²) in [6.45, 7) is 8.02. The number of para-hydroxylation sites is 1. The molecule has 3 heteroatoms. The lowest BCUT2D eigenvalue weighted by Crippen LogP contribution is -2.28. The van der Waals surface area contributed by atoms with Gasteiger partial charge in [0.25, 0.3) is 0 Å². The first kappa shape index (κ1) is 14.0. The Morgan fingerprint density at radius 1 is 1.18 bits per heavy atom. The normalized spacial score (nSPS) is 10.5. The molecule has 1 aromatic rings. The van der Waals surface area contributed by atoms with Crippen molar-refractivity contribution >= 4 is 5.69 Å². The number of hydrogen-bond acceptors (Lipinski definition) is 2. The van der Waals surface area contributed by atoms with Gasteiger partial charge in [-0.25, -0.2) is 4.39 Å². The van der Waals surface area contributed by atoms with Crippen LogP contribution in [0.4, 0.5) is 10.1 Å². The van der Waals surface area contributed by atoms with Gasteiger partial charge in [-0.2, -0.15) is 0 Å². The van der Waals surface area contributed by atoms with Crippen LogP contribution in [0.1, 0.15) is 26.7 Å². The quantitative estimate of drug-likeness (QED) is 0.700. The number of anilines is 1. The van der Waals surface area contributed by atoms with Crippen LogP contribution in [-0.2, 0) is 0 Å². The van der Waals surface area contributed by atoms with Gasteiger partial charge in [0.1, 0.15) is 5.82 Å². The van der Waals surface area contributed by atoms with Crippen LogP contribution in [0.5, 0.6) is 0 Å². The van der Waals surface area contributed by atoms with E-state index in [1.54, 1.807) is 6.07 Å². The van der Waals surface area contributed by atoms with Crippen molar-refractivity contribution in [2.24, 2.45) is 0 Å². The zero-order valence-electron chi connectivity index (χ0n) is 10.9. The van der Waals surface area contributed by atoms with Crippen molar-refractivity contribution in [1.29, 1.82) is 0 Å². The lowest BCUT2D eigenvalue weighted by atomic mass is 10.2. The molecule has 0 spiro atoms. The van der Waals surface area contributed by atoms with E-state index in [2.05, 4.69) is 24.1 Å². The van der Waals surface area contributed by atoms with Gasteiger partial charge >= 0.3 is 0 Å². The number of rotatable bonds is 8. The Morgan fingerprint density at radius 2 is 1.94 bits per heavy atom. The van der Waals surface area contributed by atoms with Gasteiger partial charge < -0.3 is 10.2 Å². The molecule has 0 atom stereocenters. The minimum atomic E-state index is -0.129. The summed E-state index contributed by atoms with van der Waals surface area (Å²) >= 11 is 0. The number of nitrogens with one attached hydrogen (secondary N) is 1. The van der Waals surface area contributed by atoms with E-state index in [-0.39, 0.29) is 5.82 Å². The zero-order chi connectivity index (χ0) is 12.5. The topological polar surface area (TPSA) is 15.3 Å². The van der Waals surface area contributed by atoms with Crippen LogP contribution in [0.25, 0.3) is 0 Å². The first-order valence-corrected chi connectivity index (χ1v) is 6.49. The van der Waals surface area contributed by atoms with E-state index >= 15 is 0 Å². The Balaban J connectivity index is 2.41. The first-order chi connectivity index (χ1) is 8.29. The number of hydrogen-bond donors (Lipinski definition) is 1. The predicted molar refractivity (Wildman–Crippen MR) is 72.1 cm³/mol. The van der Waals surface area contributed by atoms with Crippen LogP contribution in [0, 0.1) is 5.82 Å². The van der Waals surface area contributed by atoms with Gasteiger partial charge in [-0.3, -0.25) is 0 Å². The fourth-order valence-electron chi connectivity index (χ4n) is 1.85. The zero-order valence-corrected chi connectivity index (χ0v) is 10.9. The molecule has 0 aliphatic rings. The Hall–Kier alpha value is -1.09. The molecule has 0 aliphatic heterocycles. The molecule has 1 aromatic carbocycles. The second-order valence-corrected chi connectivity index (χ2v) is 4.13. The third-order valence-corrected chi connectivity index (χ3v) is 2.78. The van der Waals surface area contributed by atoms with E-state index < -0.39 is 0 Å². The fraction of sp³-hybridized carbons (Fsp3) is 0.571. The smallest absolute Gasteiger partial charge is 0.146 e. The van der Waals surface area contributed by atoms with Crippen LogP contribution in [0.15, 0.2) is 24.3 Å². The minimum absolute atomic E-state index is 0.129. The molecular formula is C14H23FN2. The summed E-state index contributed by atoms with van der Waals surface area (Å²) < 4.78 is 13.6. The monoisotopic (exact) mass is 238 g/mol. The molecule has 0 aliphatic carbocycles. The Labute approximate surface area is 104 Å². The van der Waals surface area contributed by atoms with Gasteiger partial charge in [0, 0.05) is 13.1 Å². The summed E-state index contributed by atoms with van der Waals surface area (Å²) in [5.74, 6) is -0.129. The number of nitrogens with zero attached hydrogens (tertiary/aromatic N) is 1. The third-order valence-electron chi connectivity index (χ3n) is 2.78. The van der Waals surface area contributed by atoms with Crippen LogP contribution in [0.2, 0.25) is 0 Å². The highest BCUT2D eigenvalue weighted by molar-refractivity contribution is 5.47. The molecule has 1 rings (SSSR count). The third kappa shape index (κ3) is 4.73. The molecule has 0 heterocycles. The summed E-state index contributed by atoms with van der Waals surface area (Å²) in [5, 5.41) is 3.36. The van der Waals surface area contributed by atoms with Gasteiger partial charge in [0.2, 0.25) is 0 Å². The largest absolute Gasteiger partial charge is 0.369 e. The van der Waals surface area contributed by atoms with E-state index in [1.807, 2.05) is 12.1 Å². The van der Waals surface area contributed by atoms with Gasteiger partial charge in [-0.1, -0.05) is 19.1 Å². The summed E-state index contributed by atoms with van der Waals surface area (Å²) in [4.78, 5) is 2.09. The van der Waals surface area contributed by atoms with Crippen LogP contribution < -0.4 is 10.2 Å². The Kier molecular flexibility index (Phi) is 6.63. The molecule has 0 amide bonds. The average molecular weight is 238 g/mol. The van der Waals surface area contributed by atoms with Crippen LogP contribution >= 0.6 is 0 Å². The molecule has 0 unspecified atom stereocenters. The summed E-state index contributed by atoms with van der Waals surface area (Å²) in [5.41, 5.74) is 0.713. The molecule has 0 bridgehead atoms. The highest BCUT2D eigenvalue weighted by Crippen LogP contribution is 2.18. The second kappa shape index (κ2) is 8.07.